The van der Waals surface area contributed by atoms with Crippen LogP contribution in [0.15, 0.2) is 72.8 Å². The Morgan fingerprint density at radius 2 is 1.62 bits per heavy atom. The van der Waals surface area contributed by atoms with E-state index in [0.717, 1.165) is 16.0 Å². The van der Waals surface area contributed by atoms with Crippen LogP contribution in [0.5, 0.6) is 0 Å². The van der Waals surface area contributed by atoms with E-state index in [9.17, 15) is 19.6 Å². The molecule has 3 aromatic rings. The van der Waals surface area contributed by atoms with Crippen LogP contribution in [0.1, 0.15) is 34.6 Å². The van der Waals surface area contributed by atoms with E-state index < -0.39 is 24.0 Å². The van der Waals surface area contributed by atoms with Crippen molar-refractivity contribution in [2.75, 3.05) is 11.4 Å². The number of carbonyl (C=O) groups excluding carboxylic acids is 3. The predicted octanol–water partition coefficient (Wildman–Crippen LogP) is 4.47. The maximum atomic E-state index is 14.1. The molecule has 4 amide bonds. The van der Waals surface area contributed by atoms with Gasteiger partial charge in [0.15, 0.2) is 0 Å². The molecule has 184 valence electrons. The fraction of sp³-hybridized carbons (Fsp3) is 0.241. The van der Waals surface area contributed by atoms with Crippen LogP contribution in [0.3, 0.4) is 0 Å². The summed E-state index contributed by atoms with van der Waals surface area (Å²) in [5.74, 6) is -0.936. The molecule has 0 aromatic heterocycles. The molecule has 37 heavy (non-hydrogen) atoms. The summed E-state index contributed by atoms with van der Waals surface area (Å²) in [6.07, 6.45) is 0.575. The highest BCUT2D eigenvalue weighted by Crippen LogP contribution is 2.45. The van der Waals surface area contributed by atoms with E-state index >= 15 is 0 Å². The largest absolute Gasteiger partial charge is 0.334 e. The Morgan fingerprint density at radius 1 is 1.00 bits per heavy atom. The fourth-order valence-corrected chi connectivity index (χ4v) is 6.27. The predicted molar refractivity (Wildman–Crippen MR) is 138 cm³/mol. The summed E-state index contributed by atoms with van der Waals surface area (Å²) in [6, 6.07) is 22.6. The molecule has 6 rings (SSSR count). The molecule has 3 atom stereocenters. The highest BCUT2D eigenvalue weighted by Gasteiger charge is 2.63. The number of hydrogen-bond acceptors (Lipinski definition) is 4. The number of hydrogen-bond donors (Lipinski definition) is 0. The van der Waals surface area contributed by atoms with E-state index in [1.54, 1.807) is 22.8 Å². The SMILES string of the molecule is Cc1c(N2C(=O)C3C4CC(CN4C(=O)C(c4ccccc4)c4ccccc4)N3C2=O)ccc(C#N)c1Cl. The lowest BCUT2D eigenvalue weighted by atomic mass is 9.89. The smallest absolute Gasteiger partial charge is 0.332 e. The van der Waals surface area contributed by atoms with Crippen molar-refractivity contribution >= 4 is 35.1 Å². The van der Waals surface area contributed by atoms with Crippen LogP contribution in [0.4, 0.5) is 10.5 Å². The number of carbonyl (C=O) groups is 3. The molecule has 3 unspecified atom stereocenters. The third kappa shape index (κ3) is 3.44. The van der Waals surface area contributed by atoms with Gasteiger partial charge in [-0.2, -0.15) is 5.26 Å². The number of anilines is 1. The van der Waals surface area contributed by atoms with Crippen molar-refractivity contribution < 1.29 is 14.4 Å². The summed E-state index contributed by atoms with van der Waals surface area (Å²) in [6.45, 7) is 2.08. The van der Waals surface area contributed by atoms with Gasteiger partial charge in [0, 0.05) is 6.54 Å². The third-order valence-corrected chi connectivity index (χ3v) is 8.27. The second-order valence-electron chi connectivity index (χ2n) is 9.69. The van der Waals surface area contributed by atoms with Gasteiger partial charge < -0.3 is 9.80 Å². The van der Waals surface area contributed by atoms with Crippen LogP contribution >= 0.6 is 11.6 Å². The number of rotatable bonds is 4. The van der Waals surface area contributed by atoms with Crippen LogP contribution in [0.2, 0.25) is 5.02 Å². The van der Waals surface area contributed by atoms with Crippen molar-refractivity contribution in [1.82, 2.24) is 9.80 Å². The third-order valence-electron chi connectivity index (χ3n) is 7.78. The number of nitriles is 1. The summed E-state index contributed by atoms with van der Waals surface area (Å²) in [5.41, 5.74) is 2.93. The minimum absolute atomic E-state index is 0.0687. The number of amides is 4. The Hall–Kier alpha value is -4.15. The monoisotopic (exact) mass is 510 g/mol. The maximum absolute atomic E-state index is 14.1. The van der Waals surface area contributed by atoms with Gasteiger partial charge in [0.2, 0.25) is 5.91 Å². The minimum Gasteiger partial charge on any atom is -0.334 e. The van der Waals surface area contributed by atoms with Gasteiger partial charge in [-0.15, -0.1) is 0 Å². The van der Waals surface area contributed by atoms with E-state index in [-0.39, 0.29) is 28.4 Å². The quantitative estimate of drug-likeness (QED) is 0.485. The molecule has 0 N–H and O–H groups in total. The Bertz CT molecular complexity index is 1430. The van der Waals surface area contributed by atoms with Crippen LogP contribution in [0.25, 0.3) is 0 Å². The molecule has 3 heterocycles. The van der Waals surface area contributed by atoms with Crippen molar-refractivity contribution in [3.63, 3.8) is 0 Å². The van der Waals surface area contributed by atoms with Gasteiger partial charge in [0.05, 0.1) is 34.3 Å². The second-order valence-corrected chi connectivity index (χ2v) is 10.1. The number of fused-ring (bicyclic) bond motifs is 5. The fourth-order valence-electron chi connectivity index (χ4n) is 6.07. The van der Waals surface area contributed by atoms with Crippen molar-refractivity contribution in [2.45, 2.75) is 37.4 Å². The van der Waals surface area contributed by atoms with E-state index in [0.29, 0.717) is 24.2 Å². The molecular weight excluding hydrogens is 488 g/mol. The lowest BCUT2D eigenvalue weighted by Gasteiger charge is -2.37. The average Bonchev–Trinajstić information content (AvgIpc) is 3.59. The summed E-state index contributed by atoms with van der Waals surface area (Å²) >= 11 is 6.34. The Balaban J connectivity index is 1.34. The van der Waals surface area contributed by atoms with E-state index in [2.05, 4.69) is 0 Å². The maximum Gasteiger partial charge on any atom is 0.332 e. The number of likely N-dealkylation sites (tertiary alicyclic amines) is 1. The van der Waals surface area contributed by atoms with E-state index in [4.69, 9.17) is 11.6 Å². The number of nitrogens with zero attached hydrogens (tertiary/aromatic N) is 4. The lowest BCUT2D eigenvalue weighted by Crippen LogP contribution is -2.55. The van der Waals surface area contributed by atoms with Gasteiger partial charge in [-0.25, -0.2) is 9.69 Å². The molecule has 0 saturated carbocycles. The Kier molecular flexibility index (Phi) is 5.50. The van der Waals surface area contributed by atoms with Gasteiger partial charge in [-0.1, -0.05) is 72.3 Å². The number of halogens is 1. The molecule has 0 spiro atoms. The molecule has 3 aromatic carbocycles. The van der Waals surface area contributed by atoms with Crippen molar-refractivity contribution in [1.29, 1.82) is 5.26 Å². The van der Waals surface area contributed by atoms with Crippen LogP contribution in [-0.2, 0) is 9.59 Å². The van der Waals surface area contributed by atoms with E-state index in [1.807, 2.05) is 66.7 Å². The zero-order chi connectivity index (χ0) is 25.8. The molecule has 8 heteroatoms. The minimum atomic E-state index is -0.740. The topological polar surface area (TPSA) is 84.7 Å². The number of benzene rings is 3. The van der Waals surface area contributed by atoms with Crippen LogP contribution in [-0.4, -0.2) is 52.3 Å². The molecule has 0 radical (unpaired) electrons. The van der Waals surface area contributed by atoms with Gasteiger partial charge in [-0.05, 0) is 42.2 Å². The first kappa shape index (κ1) is 23.3. The van der Waals surface area contributed by atoms with Gasteiger partial charge in [0.1, 0.15) is 12.1 Å². The molecule has 0 aliphatic carbocycles. The standard InChI is InChI=1S/C29H23ClN4O3/c1-17-22(13-12-20(15-31)25(17)30)34-28(36)26-23-14-21(33(26)29(34)37)16-32(23)27(35)24(18-8-4-2-5-9-18)19-10-6-3-7-11-19/h2-13,21,23-24,26H,14,16H2,1H3. The number of urea groups is 1. The van der Waals surface area contributed by atoms with Gasteiger partial charge >= 0.3 is 6.03 Å². The Labute approximate surface area is 219 Å². The first-order valence-electron chi connectivity index (χ1n) is 12.2. The van der Waals surface area contributed by atoms with Crippen molar-refractivity contribution in [3.05, 3.63) is 100 Å². The molecule has 3 aliphatic rings. The molecule has 2 bridgehead atoms. The first-order chi connectivity index (χ1) is 17.9. The number of imide groups is 1. The highest BCUT2D eigenvalue weighted by atomic mass is 35.5. The Morgan fingerprint density at radius 3 is 2.22 bits per heavy atom. The zero-order valence-electron chi connectivity index (χ0n) is 20.0. The highest BCUT2D eigenvalue weighted by molar-refractivity contribution is 6.33. The summed E-state index contributed by atoms with van der Waals surface area (Å²) in [4.78, 5) is 45.8. The summed E-state index contributed by atoms with van der Waals surface area (Å²) in [7, 11) is 0. The lowest BCUT2D eigenvalue weighted by molar-refractivity contribution is -0.136. The van der Waals surface area contributed by atoms with E-state index in [1.165, 1.54) is 6.07 Å². The normalized spacial score (nSPS) is 22.1. The first-order valence-corrected chi connectivity index (χ1v) is 12.6. The van der Waals surface area contributed by atoms with Gasteiger partial charge in [0.25, 0.3) is 5.91 Å². The molecular formula is C29H23ClN4O3. The molecule has 7 nitrogen and oxygen atoms in total. The van der Waals surface area contributed by atoms with Crippen LogP contribution in [0, 0.1) is 18.3 Å². The molecule has 3 saturated heterocycles. The van der Waals surface area contributed by atoms with Gasteiger partial charge in [-0.3, -0.25) is 9.59 Å². The average molecular weight is 511 g/mol. The molecule has 3 aliphatic heterocycles. The second kappa shape index (κ2) is 8.75. The summed E-state index contributed by atoms with van der Waals surface area (Å²) in [5, 5.41) is 9.50. The van der Waals surface area contributed by atoms with Crippen molar-refractivity contribution in [3.8, 4) is 6.07 Å². The summed E-state index contributed by atoms with van der Waals surface area (Å²) < 4.78 is 0. The van der Waals surface area contributed by atoms with Crippen LogP contribution < -0.4 is 4.90 Å². The zero-order valence-corrected chi connectivity index (χ0v) is 20.8. The van der Waals surface area contributed by atoms with Crippen molar-refractivity contribution in [2.24, 2.45) is 0 Å². The number of piperazine rings is 1. The molecule has 3 fully saturated rings.